The van der Waals surface area contributed by atoms with Gasteiger partial charge in [0.2, 0.25) is 11.8 Å². The van der Waals surface area contributed by atoms with Crippen molar-refractivity contribution in [2.75, 3.05) is 0 Å². The van der Waals surface area contributed by atoms with E-state index in [1.54, 1.807) is 12.2 Å². The molecule has 1 saturated heterocycles. The molecule has 1 aromatic carbocycles. The third-order valence-corrected chi connectivity index (χ3v) is 5.61. The molecule has 7 nitrogen and oxygen atoms in total. The van der Waals surface area contributed by atoms with E-state index in [0.29, 0.717) is 6.42 Å². The zero-order valence-corrected chi connectivity index (χ0v) is 17.9. The van der Waals surface area contributed by atoms with Crippen LogP contribution in [0.5, 0.6) is 0 Å². The number of carbonyl (C=O) groups is 3. The molecule has 1 fully saturated rings. The fraction of sp³-hybridized carbons (Fsp3) is 0.500. The molecule has 0 unspecified atom stereocenters. The van der Waals surface area contributed by atoms with Crippen LogP contribution < -0.4 is 11.1 Å². The summed E-state index contributed by atoms with van der Waals surface area (Å²) in [7, 11) is 0. The van der Waals surface area contributed by atoms with Crippen LogP contribution in [0.3, 0.4) is 0 Å². The van der Waals surface area contributed by atoms with Crippen LogP contribution in [0.2, 0.25) is 0 Å². The van der Waals surface area contributed by atoms with Gasteiger partial charge in [0, 0.05) is 12.1 Å². The number of aliphatic carboxylic acids is 1. The van der Waals surface area contributed by atoms with Crippen molar-refractivity contribution in [2.24, 2.45) is 5.73 Å². The second kappa shape index (κ2) is 10.6. The standard InChI is InChI=1S/C20H27N3O2.C2HF3O2/c1-3-13(22-20(25)16(21)4-2)9-12-19(24)23-17-10-11-18(23)15-8-6-5-7-14(15)17;3-2(4,5)1(6)7/h5-9,12-13,16-18H,3-4,10-11,21H2,1-2H3,(H,22,25);(H,6,7)/b12-9+;/t13-,16-,17-,18+;/m0./s1. The van der Waals surface area contributed by atoms with Gasteiger partial charge < -0.3 is 21.1 Å². The average molecular weight is 455 g/mol. The third kappa shape index (κ3) is 5.87. The summed E-state index contributed by atoms with van der Waals surface area (Å²) >= 11 is 0. The van der Waals surface area contributed by atoms with Crippen molar-refractivity contribution in [3.63, 3.8) is 0 Å². The maximum atomic E-state index is 12.8. The van der Waals surface area contributed by atoms with Crippen molar-refractivity contribution < 1.29 is 32.7 Å². The minimum absolute atomic E-state index is 0.0242. The molecule has 0 spiro atoms. The molecular weight excluding hydrogens is 427 g/mol. The zero-order valence-electron chi connectivity index (χ0n) is 17.9. The average Bonchev–Trinajstić information content (AvgIpc) is 3.33. The molecule has 2 amide bonds. The molecule has 0 aromatic heterocycles. The van der Waals surface area contributed by atoms with Gasteiger partial charge >= 0.3 is 12.1 Å². The Morgan fingerprint density at radius 1 is 1.16 bits per heavy atom. The van der Waals surface area contributed by atoms with Crippen LogP contribution in [-0.2, 0) is 14.4 Å². The van der Waals surface area contributed by atoms with Crippen LogP contribution in [0.1, 0.15) is 62.7 Å². The summed E-state index contributed by atoms with van der Waals surface area (Å²) in [4.78, 5) is 35.6. The van der Waals surface area contributed by atoms with E-state index in [2.05, 4.69) is 17.4 Å². The number of carboxylic acid groups (broad SMARTS) is 1. The second-order valence-corrected chi connectivity index (χ2v) is 7.68. The van der Waals surface area contributed by atoms with Crippen LogP contribution in [0.25, 0.3) is 0 Å². The number of amides is 2. The Balaban J connectivity index is 0.000000451. The van der Waals surface area contributed by atoms with E-state index in [-0.39, 0.29) is 29.9 Å². The third-order valence-electron chi connectivity index (χ3n) is 5.61. The lowest BCUT2D eigenvalue weighted by molar-refractivity contribution is -0.192. The molecule has 1 aromatic rings. The van der Waals surface area contributed by atoms with Crippen LogP contribution in [0.4, 0.5) is 13.2 Å². The highest BCUT2D eigenvalue weighted by Gasteiger charge is 2.45. The van der Waals surface area contributed by atoms with E-state index < -0.39 is 18.2 Å². The quantitative estimate of drug-likeness (QED) is 0.570. The molecule has 0 radical (unpaired) electrons. The SMILES string of the molecule is CC[C@@H](/C=C/C(=O)N1[C@@H]2CC[C@H]1c1ccccc12)NC(=O)[C@@H](N)CC.O=C(O)C(F)(F)F. The summed E-state index contributed by atoms with van der Waals surface area (Å²) in [6.07, 6.45) is 1.70. The van der Waals surface area contributed by atoms with Gasteiger partial charge in [-0.15, -0.1) is 0 Å². The molecule has 2 aliphatic rings. The van der Waals surface area contributed by atoms with Crippen LogP contribution in [0, 0.1) is 0 Å². The van der Waals surface area contributed by atoms with Crippen molar-refractivity contribution in [2.45, 2.75) is 69.9 Å². The molecule has 4 atom stereocenters. The fourth-order valence-electron chi connectivity index (χ4n) is 3.89. The first-order valence-corrected chi connectivity index (χ1v) is 10.5. The van der Waals surface area contributed by atoms with Gasteiger partial charge in [-0.1, -0.05) is 44.2 Å². The monoisotopic (exact) mass is 455 g/mol. The van der Waals surface area contributed by atoms with E-state index >= 15 is 0 Å². The molecule has 0 aliphatic carbocycles. The number of hydrogen-bond acceptors (Lipinski definition) is 4. The first-order chi connectivity index (χ1) is 15.0. The molecule has 176 valence electrons. The minimum Gasteiger partial charge on any atom is -0.475 e. The number of halogens is 3. The van der Waals surface area contributed by atoms with Gasteiger partial charge in [-0.2, -0.15) is 13.2 Å². The van der Waals surface area contributed by atoms with Crippen LogP contribution >= 0.6 is 0 Å². The molecular formula is C22H28F3N3O4. The number of rotatable bonds is 6. The maximum absolute atomic E-state index is 12.8. The summed E-state index contributed by atoms with van der Waals surface area (Å²) in [5.41, 5.74) is 8.33. The summed E-state index contributed by atoms with van der Waals surface area (Å²) < 4.78 is 31.7. The fourth-order valence-corrected chi connectivity index (χ4v) is 3.89. The van der Waals surface area contributed by atoms with E-state index in [0.717, 1.165) is 19.3 Å². The van der Waals surface area contributed by atoms with Gasteiger partial charge in [0.05, 0.1) is 18.1 Å². The van der Waals surface area contributed by atoms with Crippen molar-refractivity contribution in [1.82, 2.24) is 10.2 Å². The highest BCUT2D eigenvalue weighted by Crippen LogP contribution is 2.52. The zero-order chi connectivity index (χ0) is 24.1. The normalized spacial score (nSPS) is 20.9. The Hall–Kier alpha value is -2.88. The first kappa shape index (κ1) is 25.4. The topological polar surface area (TPSA) is 113 Å². The lowest BCUT2D eigenvalue weighted by Gasteiger charge is -2.21. The molecule has 2 bridgehead atoms. The van der Waals surface area contributed by atoms with Gasteiger partial charge in [0.1, 0.15) is 0 Å². The number of alkyl halides is 3. The highest BCUT2D eigenvalue weighted by atomic mass is 19.4. The van der Waals surface area contributed by atoms with Crippen molar-refractivity contribution >= 4 is 17.8 Å². The first-order valence-electron chi connectivity index (χ1n) is 10.5. The molecule has 2 aliphatic heterocycles. The van der Waals surface area contributed by atoms with Crippen molar-refractivity contribution in [3.8, 4) is 0 Å². The number of fused-ring (bicyclic) bond motifs is 5. The molecule has 3 rings (SSSR count). The molecule has 4 N–H and O–H groups in total. The summed E-state index contributed by atoms with van der Waals surface area (Å²) in [5, 5.41) is 10.0. The maximum Gasteiger partial charge on any atom is 0.490 e. The van der Waals surface area contributed by atoms with Crippen LogP contribution in [-0.4, -0.2) is 46.1 Å². The van der Waals surface area contributed by atoms with Gasteiger partial charge in [0.15, 0.2) is 0 Å². The number of benzene rings is 1. The summed E-state index contributed by atoms with van der Waals surface area (Å²) in [5.74, 6) is -2.90. The molecule has 2 heterocycles. The van der Waals surface area contributed by atoms with Gasteiger partial charge in [-0.3, -0.25) is 9.59 Å². The largest absolute Gasteiger partial charge is 0.490 e. The Morgan fingerprint density at radius 3 is 2.06 bits per heavy atom. The molecule has 32 heavy (non-hydrogen) atoms. The van der Waals surface area contributed by atoms with E-state index in [1.807, 2.05) is 30.9 Å². The lowest BCUT2D eigenvalue weighted by Crippen LogP contribution is -2.44. The number of nitrogens with zero attached hydrogens (tertiary/aromatic N) is 1. The highest BCUT2D eigenvalue weighted by molar-refractivity contribution is 5.89. The Bertz CT molecular complexity index is 841. The predicted molar refractivity (Wildman–Crippen MR) is 111 cm³/mol. The number of carbonyl (C=O) groups excluding carboxylic acids is 2. The summed E-state index contributed by atoms with van der Waals surface area (Å²) in [6.45, 7) is 3.86. The Labute approximate surface area is 184 Å². The van der Waals surface area contributed by atoms with Crippen molar-refractivity contribution in [3.05, 3.63) is 47.5 Å². The second-order valence-electron chi connectivity index (χ2n) is 7.68. The Kier molecular flexibility index (Phi) is 8.43. The number of nitrogens with one attached hydrogen (secondary N) is 1. The number of hydrogen-bond donors (Lipinski definition) is 3. The predicted octanol–water partition coefficient (Wildman–Crippen LogP) is 3.23. The molecule has 0 saturated carbocycles. The number of nitrogens with two attached hydrogens (primary N) is 1. The summed E-state index contributed by atoms with van der Waals surface area (Å²) in [6, 6.07) is 8.06. The molecule has 10 heteroatoms. The lowest BCUT2D eigenvalue weighted by atomic mass is 9.92. The van der Waals surface area contributed by atoms with E-state index in [1.165, 1.54) is 11.1 Å². The van der Waals surface area contributed by atoms with Crippen molar-refractivity contribution in [1.29, 1.82) is 0 Å². The van der Waals surface area contributed by atoms with E-state index in [9.17, 15) is 22.8 Å². The smallest absolute Gasteiger partial charge is 0.475 e. The van der Waals surface area contributed by atoms with E-state index in [4.69, 9.17) is 15.6 Å². The Morgan fingerprint density at radius 2 is 1.66 bits per heavy atom. The van der Waals surface area contributed by atoms with Gasteiger partial charge in [0.25, 0.3) is 0 Å². The minimum atomic E-state index is -5.08. The number of carboxylic acids is 1. The van der Waals surface area contributed by atoms with Gasteiger partial charge in [-0.25, -0.2) is 4.79 Å². The van der Waals surface area contributed by atoms with Gasteiger partial charge in [-0.05, 0) is 36.8 Å². The van der Waals surface area contributed by atoms with Crippen LogP contribution in [0.15, 0.2) is 36.4 Å².